The molecule has 0 aliphatic carbocycles. The van der Waals surface area contributed by atoms with E-state index >= 15 is 0 Å². The van der Waals surface area contributed by atoms with Gasteiger partial charge in [0, 0.05) is 0 Å². The van der Waals surface area contributed by atoms with E-state index in [4.69, 9.17) is 40.9 Å². The maximum Gasteiger partial charge on any atom is 0.335 e. The van der Waals surface area contributed by atoms with E-state index in [2.05, 4.69) is 0 Å². The lowest BCUT2D eigenvalue weighted by atomic mass is 10.1. The summed E-state index contributed by atoms with van der Waals surface area (Å²) in [7, 11) is 0. The summed E-state index contributed by atoms with van der Waals surface area (Å²) in [6.07, 6.45) is -9.16. The van der Waals surface area contributed by atoms with E-state index in [0.717, 1.165) is 0 Å². The van der Waals surface area contributed by atoms with Crippen LogP contribution in [0.5, 0.6) is 0 Å². The first kappa shape index (κ1) is 20.7. The molecule has 0 aromatic heterocycles. The Bertz CT molecular complexity index is 299. The molecule has 0 heterocycles. The van der Waals surface area contributed by atoms with Crippen LogP contribution in [0.2, 0.25) is 0 Å². The molecular weight excluding hydrogens is 284 g/mol. The number of hydrogen-bond acceptors (Lipinski definition) is 9. The molecule has 0 radical (unpaired) electrons. The van der Waals surface area contributed by atoms with Crippen LogP contribution in [0.1, 0.15) is 0 Å². The summed E-state index contributed by atoms with van der Waals surface area (Å²) >= 11 is 0. The number of carbonyl (C=O) groups is 3. The van der Waals surface area contributed by atoms with Crippen molar-refractivity contribution in [1.82, 2.24) is 0 Å². The van der Waals surface area contributed by atoms with Crippen LogP contribution < -0.4 is 0 Å². The molecule has 0 fully saturated rings. The molecule has 0 aromatic rings. The van der Waals surface area contributed by atoms with Gasteiger partial charge in [0.05, 0.1) is 6.61 Å². The van der Waals surface area contributed by atoms with Crippen molar-refractivity contribution >= 4 is 18.2 Å². The highest BCUT2D eigenvalue weighted by Gasteiger charge is 2.29. The highest BCUT2D eigenvalue weighted by atomic mass is 16.4. The fourth-order valence-electron chi connectivity index (χ4n) is 0.686. The van der Waals surface area contributed by atoms with Crippen LogP contribution in [0.15, 0.2) is 0 Å². The highest BCUT2D eigenvalue weighted by molar-refractivity contribution is 5.83. The van der Waals surface area contributed by atoms with Crippen molar-refractivity contribution in [3.63, 3.8) is 0 Å². The highest BCUT2D eigenvalue weighted by Crippen LogP contribution is 1.96. The fourth-order valence-corrected chi connectivity index (χ4v) is 0.686. The topological polar surface area (TPSA) is 213 Å². The summed E-state index contributed by atoms with van der Waals surface area (Å²) in [4.78, 5) is 29.3. The van der Waals surface area contributed by atoms with Crippen molar-refractivity contribution in [3.8, 4) is 0 Å². The van der Waals surface area contributed by atoms with Gasteiger partial charge >= 0.3 is 11.9 Å². The summed E-state index contributed by atoms with van der Waals surface area (Å²) < 4.78 is 0. The maximum absolute atomic E-state index is 9.77. The number of rotatable bonds is 7. The van der Waals surface area contributed by atoms with E-state index < -0.39 is 49.1 Å². The van der Waals surface area contributed by atoms with Gasteiger partial charge in [-0.2, -0.15) is 0 Å². The third-order valence-electron chi connectivity index (χ3n) is 1.88. The number of aliphatic hydroxyl groups is 6. The number of carboxylic acid groups (broad SMARTS) is 2. The average Bonchev–Trinajstić information content (AvgIpc) is 2.43. The molecule has 0 rings (SSSR count). The quantitative estimate of drug-likeness (QED) is 0.209. The van der Waals surface area contributed by atoms with E-state index in [1.165, 1.54) is 0 Å². The van der Waals surface area contributed by atoms with Crippen molar-refractivity contribution in [3.05, 3.63) is 0 Å². The number of aliphatic hydroxyl groups excluding tert-OH is 6. The lowest BCUT2D eigenvalue weighted by molar-refractivity contribution is -0.165. The molecule has 8 N–H and O–H groups in total. The second-order valence-corrected chi connectivity index (χ2v) is 3.43. The van der Waals surface area contributed by atoms with Crippen molar-refractivity contribution < 1.29 is 55.2 Å². The van der Waals surface area contributed by atoms with E-state index in [0.29, 0.717) is 0 Å². The number of aliphatic carboxylic acids is 2. The van der Waals surface area contributed by atoms with Gasteiger partial charge < -0.3 is 45.6 Å². The predicted octanol–water partition coefficient (Wildman–Crippen LogP) is -4.86. The number of hydrogen-bond donors (Lipinski definition) is 8. The first-order valence-corrected chi connectivity index (χ1v) is 5.02. The molecular formula is C9H16O11. The fraction of sp³-hybridized carbons (Fsp3) is 0.667. The molecule has 0 aromatic carbocycles. The van der Waals surface area contributed by atoms with Gasteiger partial charge in [0.2, 0.25) is 0 Å². The number of aldehydes is 1. The third kappa shape index (κ3) is 7.73. The van der Waals surface area contributed by atoms with Gasteiger partial charge in [-0.1, -0.05) is 0 Å². The summed E-state index contributed by atoms with van der Waals surface area (Å²) in [5, 5.41) is 66.6. The van der Waals surface area contributed by atoms with Gasteiger partial charge in [-0.3, -0.25) is 0 Å². The Labute approximate surface area is 112 Å². The molecule has 0 aliphatic heterocycles. The molecule has 5 atom stereocenters. The zero-order valence-corrected chi connectivity index (χ0v) is 9.97. The average molecular weight is 300 g/mol. The minimum Gasteiger partial charge on any atom is -0.479 e. The summed E-state index contributed by atoms with van der Waals surface area (Å²) in [5.74, 6) is -3.54. The zero-order chi connectivity index (χ0) is 16.5. The van der Waals surface area contributed by atoms with E-state index in [1.54, 1.807) is 0 Å². The SMILES string of the molecule is O=C(O)C(O)C(O)C(=O)O.O=C[C@H](O)[C@@H](O)[C@H](O)CO. The minimum atomic E-state index is -2.27. The van der Waals surface area contributed by atoms with E-state index in [-0.39, 0.29) is 6.29 Å². The Morgan fingerprint density at radius 3 is 1.45 bits per heavy atom. The van der Waals surface area contributed by atoms with Crippen LogP contribution in [-0.2, 0) is 14.4 Å². The molecule has 0 aliphatic rings. The van der Waals surface area contributed by atoms with Crippen LogP contribution in [0.3, 0.4) is 0 Å². The van der Waals surface area contributed by atoms with Gasteiger partial charge in [0.1, 0.15) is 18.3 Å². The first-order valence-electron chi connectivity index (χ1n) is 5.02. The van der Waals surface area contributed by atoms with Crippen molar-refractivity contribution in [2.24, 2.45) is 0 Å². The lowest BCUT2D eigenvalue weighted by Crippen LogP contribution is -2.40. The van der Waals surface area contributed by atoms with Crippen LogP contribution in [-0.4, -0.2) is 96.2 Å². The van der Waals surface area contributed by atoms with Gasteiger partial charge in [-0.15, -0.1) is 0 Å². The van der Waals surface area contributed by atoms with Crippen LogP contribution in [0.4, 0.5) is 0 Å². The van der Waals surface area contributed by atoms with Crippen LogP contribution in [0.25, 0.3) is 0 Å². The Hall–Kier alpha value is -1.63. The molecule has 0 saturated carbocycles. The van der Waals surface area contributed by atoms with Gasteiger partial charge in [0.25, 0.3) is 0 Å². The Morgan fingerprint density at radius 1 is 0.900 bits per heavy atom. The van der Waals surface area contributed by atoms with Crippen LogP contribution >= 0.6 is 0 Å². The summed E-state index contributed by atoms with van der Waals surface area (Å²) in [5.41, 5.74) is 0. The first-order chi connectivity index (χ1) is 9.09. The second-order valence-electron chi connectivity index (χ2n) is 3.43. The largest absolute Gasteiger partial charge is 0.479 e. The zero-order valence-electron chi connectivity index (χ0n) is 9.97. The predicted molar refractivity (Wildman–Crippen MR) is 58.5 cm³/mol. The lowest BCUT2D eigenvalue weighted by Gasteiger charge is -2.16. The third-order valence-corrected chi connectivity index (χ3v) is 1.88. The van der Waals surface area contributed by atoms with E-state index in [9.17, 15) is 14.4 Å². The Morgan fingerprint density at radius 2 is 1.25 bits per heavy atom. The van der Waals surface area contributed by atoms with Gasteiger partial charge in [-0.05, 0) is 0 Å². The van der Waals surface area contributed by atoms with Crippen LogP contribution in [0, 0.1) is 0 Å². The van der Waals surface area contributed by atoms with Gasteiger partial charge in [-0.25, -0.2) is 9.59 Å². The molecule has 0 bridgehead atoms. The molecule has 11 heteroatoms. The van der Waals surface area contributed by atoms with E-state index in [1.807, 2.05) is 0 Å². The van der Waals surface area contributed by atoms with Crippen molar-refractivity contribution in [2.45, 2.75) is 30.5 Å². The molecule has 11 nitrogen and oxygen atoms in total. The number of carboxylic acids is 2. The second kappa shape index (κ2) is 10.2. The summed E-state index contributed by atoms with van der Waals surface area (Å²) in [6.45, 7) is -0.688. The smallest absolute Gasteiger partial charge is 0.335 e. The Balaban J connectivity index is 0. The molecule has 118 valence electrons. The number of carbonyl (C=O) groups excluding carboxylic acids is 1. The van der Waals surface area contributed by atoms with Gasteiger partial charge in [0.15, 0.2) is 18.5 Å². The molecule has 20 heavy (non-hydrogen) atoms. The standard InChI is InChI=1S/C5H10O5.C4H6O6/c6-1-3(8)5(10)4(9)2-7;5-1(3(7)8)2(6)4(9)10/h1,3-5,7-10H,2H2;1-2,5-6H,(H,7,8)(H,9,10)/t3-,4+,5+;/m0./s1. The molecule has 2 unspecified atom stereocenters. The maximum atomic E-state index is 9.77. The molecule has 0 amide bonds. The summed E-state index contributed by atoms with van der Waals surface area (Å²) in [6, 6.07) is 0. The minimum absolute atomic E-state index is 0.0869. The molecule has 0 saturated heterocycles. The van der Waals surface area contributed by atoms with Crippen molar-refractivity contribution in [2.75, 3.05) is 6.61 Å². The normalized spacial score (nSPS) is 17.7. The molecule has 0 spiro atoms. The van der Waals surface area contributed by atoms with Crippen molar-refractivity contribution in [1.29, 1.82) is 0 Å². The Kier molecular flexibility index (Phi) is 10.5. The monoisotopic (exact) mass is 300 g/mol.